The maximum Gasteiger partial charge on any atom is 0.258 e. The fourth-order valence-electron chi connectivity index (χ4n) is 3.58. The monoisotopic (exact) mass is 474 g/mol. The standard InChI is InChI=1S/C24H19ClN6OS/c1-15-6-7-21-27-18(12-22(32)30(21)13-15)14-33-24-29-28-23(17-8-10-26-11-9-17)31(24)20-5-3-4-19(25)16(20)2/h3-13H,14H2,1-2H3. The maximum absolute atomic E-state index is 12.6. The van der Waals surface area contributed by atoms with E-state index in [4.69, 9.17) is 11.6 Å². The van der Waals surface area contributed by atoms with E-state index in [0.29, 0.717) is 33.1 Å². The summed E-state index contributed by atoms with van der Waals surface area (Å²) in [6.45, 7) is 3.91. The second kappa shape index (κ2) is 8.80. The molecule has 164 valence electrons. The van der Waals surface area contributed by atoms with Gasteiger partial charge in [-0.15, -0.1) is 10.2 Å². The summed E-state index contributed by atoms with van der Waals surface area (Å²) < 4.78 is 3.54. The molecule has 1 aromatic carbocycles. The predicted molar refractivity (Wildman–Crippen MR) is 130 cm³/mol. The number of hydrogen-bond donors (Lipinski definition) is 0. The number of rotatable bonds is 5. The van der Waals surface area contributed by atoms with Crippen LogP contribution in [-0.4, -0.2) is 29.1 Å². The van der Waals surface area contributed by atoms with Gasteiger partial charge in [-0.2, -0.15) is 0 Å². The summed E-state index contributed by atoms with van der Waals surface area (Å²) in [7, 11) is 0. The summed E-state index contributed by atoms with van der Waals surface area (Å²) in [5, 5.41) is 10.3. The number of aromatic nitrogens is 6. The highest BCUT2D eigenvalue weighted by Gasteiger charge is 2.19. The minimum atomic E-state index is -0.107. The molecule has 0 aliphatic heterocycles. The van der Waals surface area contributed by atoms with Crippen LogP contribution < -0.4 is 5.56 Å². The quantitative estimate of drug-likeness (QED) is 0.337. The number of nitrogens with zero attached hydrogens (tertiary/aromatic N) is 6. The SMILES string of the molecule is Cc1ccc2nc(CSc3nnc(-c4ccncc4)n3-c3cccc(Cl)c3C)cc(=O)n2c1. The molecule has 0 atom stereocenters. The molecule has 4 aromatic heterocycles. The van der Waals surface area contributed by atoms with E-state index < -0.39 is 0 Å². The van der Waals surface area contributed by atoms with Gasteiger partial charge in [0.2, 0.25) is 0 Å². The van der Waals surface area contributed by atoms with Crippen LogP contribution in [0, 0.1) is 13.8 Å². The number of fused-ring (bicyclic) bond motifs is 1. The van der Waals surface area contributed by atoms with Gasteiger partial charge in [0.05, 0.1) is 11.4 Å². The summed E-state index contributed by atoms with van der Waals surface area (Å²) in [5.41, 5.74) is 4.90. The van der Waals surface area contributed by atoms with Gasteiger partial charge in [-0.25, -0.2) is 4.98 Å². The van der Waals surface area contributed by atoms with Gasteiger partial charge in [-0.05, 0) is 55.3 Å². The molecule has 0 amide bonds. The van der Waals surface area contributed by atoms with E-state index in [-0.39, 0.29) is 5.56 Å². The Morgan fingerprint density at radius 2 is 1.85 bits per heavy atom. The van der Waals surface area contributed by atoms with Gasteiger partial charge in [0.15, 0.2) is 11.0 Å². The van der Waals surface area contributed by atoms with E-state index in [2.05, 4.69) is 20.2 Å². The van der Waals surface area contributed by atoms with Crippen LogP contribution in [0.3, 0.4) is 0 Å². The summed E-state index contributed by atoms with van der Waals surface area (Å²) in [5.74, 6) is 1.15. The molecular weight excluding hydrogens is 456 g/mol. The number of benzene rings is 1. The minimum absolute atomic E-state index is 0.107. The van der Waals surface area contributed by atoms with Crippen molar-refractivity contribution in [3.63, 3.8) is 0 Å². The average molecular weight is 475 g/mol. The number of halogens is 1. The van der Waals surface area contributed by atoms with E-state index in [1.54, 1.807) is 29.1 Å². The lowest BCUT2D eigenvalue weighted by molar-refractivity contribution is 0.879. The fraction of sp³-hybridized carbons (Fsp3) is 0.125. The van der Waals surface area contributed by atoms with Crippen molar-refractivity contribution >= 4 is 29.0 Å². The van der Waals surface area contributed by atoms with Gasteiger partial charge >= 0.3 is 0 Å². The summed E-state index contributed by atoms with van der Waals surface area (Å²) in [4.78, 5) is 21.3. The van der Waals surface area contributed by atoms with Crippen molar-refractivity contribution in [1.82, 2.24) is 29.1 Å². The van der Waals surface area contributed by atoms with Gasteiger partial charge in [-0.1, -0.05) is 35.5 Å². The molecule has 0 unspecified atom stereocenters. The number of pyridine rings is 2. The molecular formula is C24H19ClN6OS. The zero-order chi connectivity index (χ0) is 22.9. The molecule has 0 saturated heterocycles. The third-order valence-electron chi connectivity index (χ3n) is 5.26. The molecule has 0 aliphatic rings. The molecule has 0 N–H and O–H groups in total. The Hall–Kier alpha value is -3.49. The van der Waals surface area contributed by atoms with Crippen LogP contribution in [-0.2, 0) is 5.75 Å². The average Bonchev–Trinajstić information content (AvgIpc) is 3.24. The van der Waals surface area contributed by atoms with Crippen molar-refractivity contribution < 1.29 is 0 Å². The number of thioether (sulfide) groups is 1. The smallest absolute Gasteiger partial charge is 0.258 e. The first-order valence-corrected chi connectivity index (χ1v) is 11.6. The second-order valence-corrected chi connectivity index (χ2v) is 8.92. The number of aryl methyl sites for hydroxylation is 1. The van der Waals surface area contributed by atoms with Crippen LogP contribution in [0.2, 0.25) is 5.02 Å². The molecule has 7 nitrogen and oxygen atoms in total. The van der Waals surface area contributed by atoms with Gasteiger partial charge in [0.1, 0.15) is 5.65 Å². The lowest BCUT2D eigenvalue weighted by Crippen LogP contribution is -2.15. The Bertz CT molecular complexity index is 1530. The summed E-state index contributed by atoms with van der Waals surface area (Å²) in [6, 6.07) is 14.9. The molecule has 0 bridgehead atoms. The minimum Gasteiger partial charge on any atom is -0.270 e. The Balaban J connectivity index is 1.56. The Kier molecular flexibility index (Phi) is 5.70. The highest BCUT2D eigenvalue weighted by molar-refractivity contribution is 7.98. The molecule has 0 aliphatic carbocycles. The maximum atomic E-state index is 12.6. The molecule has 0 spiro atoms. The number of hydrogen-bond acceptors (Lipinski definition) is 6. The van der Waals surface area contributed by atoms with Gasteiger partial charge in [-0.3, -0.25) is 18.7 Å². The van der Waals surface area contributed by atoms with E-state index in [1.807, 2.05) is 60.9 Å². The normalized spacial score (nSPS) is 11.2. The van der Waals surface area contributed by atoms with E-state index in [1.165, 1.54) is 11.8 Å². The van der Waals surface area contributed by atoms with Crippen LogP contribution >= 0.6 is 23.4 Å². The lowest BCUT2D eigenvalue weighted by atomic mass is 10.2. The third-order valence-corrected chi connectivity index (χ3v) is 6.63. The molecule has 5 rings (SSSR count). The third kappa shape index (κ3) is 4.15. The Labute approximate surface area is 199 Å². The topological polar surface area (TPSA) is 78.0 Å². The predicted octanol–water partition coefficient (Wildman–Crippen LogP) is 4.90. The van der Waals surface area contributed by atoms with E-state index in [9.17, 15) is 4.79 Å². The van der Waals surface area contributed by atoms with Crippen molar-refractivity contribution in [2.45, 2.75) is 24.8 Å². The van der Waals surface area contributed by atoms with Crippen molar-refractivity contribution in [3.05, 3.63) is 99.3 Å². The fourth-order valence-corrected chi connectivity index (χ4v) is 4.58. The molecule has 4 heterocycles. The Morgan fingerprint density at radius 3 is 2.67 bits per heavy atom. The molecule has 5 aromatic rings. The van der Waals surface area contributed by atoms with Crippen molar-refractivity contribution in [2.24, 2.45) is 0 Å². The van der Waals surface area contributed by atoms with Crippen LogP contribution in [0.4, 0.5) is 0 Å². The van der Waals surface area contributed by atoms with Crippen LogP contribution in [0.25, 0.3) is 22.7 Å². The highest BCUT2D eigenvalue weighted by Crippen LogP contribution is 2.32. The zero-order valence-electron chi connectivity index (χ0n) is 17.9. The van der Waals surface area contributed by atoms with Gasteiger partial charge in [0, 0.05) is 41.0 Å². The first-order chi connectivity index (χ1) is 16.0. The molecule has 9 heteroatoms. The molecule has 0 fully saturated rings. The first-order valence-electron chi connectivity index (χ1n) is 10.2. The van der Waals surface area contributed by atoms with Crippen LogP contribution in [0.15, 0.2) is 77.1 Å². The molecule has 33 heavy (non-hydrogen) atoms. The van der Waals surface area contributed by atoms with Crippen LogP contribution in [0.1, 0.15) is 16.8 Å². The zero-order valence-corrected chi connectivity index (χ0v) is 19.5. The van der Waals surface area contributed by atoms with Crippen molar-refractivity contribution in [1.29, 1.82) is 0 Å². The Morgan fingerprint density at radius 1 is 1.03 bits per heavy atom. The van der Waals surface area contributed by atoms with Crippen molar-refractivity contribution in [3.8, 4) is 17.1 Å². The van der Waals surface area contributed by atoms with Crippen molar-refractivity contribution in [2.75, 3.05) is 0 Å². The lowest BCUT2D eigenvalue weighted by Gasteiger charge is -2.14. The largest absolute Gasteiger partial charge is 0.270 e. The second-order valence-electron chi connectivity index (χ2n) is 7.57. The molecule has 0 saturated carbocycles. The van der Waals surface area contributed by atoms with Gasteiger partial charge in [0.25, 0.3) is 5.56 Å². The summed E-state index contributed by atoms with van der Waals surface area (Å²) >= 11 is 7.89. The van der Waals surface area contributed by atoms with Crippen LogP contribution in [0.5, 0.6) is 0 Å². The van der Waals surface area contributed by atoms with Gasteiger partial charge < -0.3 is 0 Å². The van der Waals surface area contributed by atoms with E-state index >= 15 is 0 Å². The molecule has 0 radical (unpaired) electrons. The highest BCUT2D eigenvalue weighted by atomic mass is 35.5. The van der Waals surface area contributed by atoms with E-state index in [0.717, 1.165) is 22.4 Å². The summed E-state index contributed by atoms with van der Waals surface area (Å²) in [6.07, 6.45) is 5.24. The first kappa shape index (κ1) is 21.4.